The summed E-state index contributed by atoms with van der Waals surface area (Å²) in [5, 5.41) is 2.82. The standard InChI is InChI=1S/C15H18F3N3O2.HI/c16-15(17,18)23-13-3-1-12(2-4-13)21-14(19)20-8-5-11-6-9-22-10-7-11;/h1-4,6H,5,7-10H2,(H3,19,20,21);1H. The van der Waals surface area contributed by atoms with Crippen LogP contribution in [0, 0.1) is 0 Å². The molecule has 0 bridgehead atoms. The number of anilines is 1. The topological polar surface area (TPSA) is 68.9 Å². The van der Waals surface area contributed by atoms with Crippen molar-refractivity contribution in [3.05, 3.63) is 35.9 Å². The molecule has 0 aliphatic carbocycles. The summed E-state index contributed by atoms with van der Waals surface area (Å²) in [6, 6.07) is 5.28. The lowest BCUT2D eigenvalue weighted by atomic mass is 10.1. The molecule has 0 radical (unpaired) electrons. The molecule has 0 saturated carbocycles. The largest absolute Gasteiger partial charge is 0.573 e. The van der Waals surface area contributed by atoms with Gasteiger partial charge in [-0.25, -0.2) is 0 Å². The van der Waals surface area contributed by atoms with Gasteiger partial charge in [-0.05, 0) is 37.1 Å². The number of aliphatic imine (C=N–C) groups is 1. The molecule has 5 nitrogen and oxygen atoms in total. The van der Waals surface area contributed by atoms with Crippen LogP contribution in [-0.4, -0.2) is 32.1 Å². The van der Waals surface area contributed by atoms with E-state index in [9.17, 15) is 13.2 Å². The van der Waals surface area contributed by atoms with E-state index in [1.165, 1.54) is 29.8 Å². The van der Waals surface area contributed by atoms with E-state index in [1.54, 1.807) is 0 Å². The molecule has 1 aliphatic heterocycles. The number of ether oxygens (including phenoxy) is 2. The van der Waals surface area contributed by atoms with Crippen molar-refractivity contribution in [1.29, 1.82) is 0 Å². The second kappa shape index (κ2) is 9.72. The summed E-state index contributed by atoms with van der Waals surface area (Å²) >= 11 is 0. The minimum atomic E-state index is -4.70. The molecule has 1 aromatic rings. The van der Waals surface area contributed by atoms with Gasteiger partial charge in [-0.2, -0.15) is 0 Å². The van der Waals surface area contributed by atoms with E-state index in [-0.39, 0.29) is 35.7 Å². The van der Waals surface area contributed by atoms with Crippen molar-refractivity contribution >= 4 is 35.6 Å². The predicted molar refractivity (Wildman–Crippen MR) is 96.8 cm³/mol. The molecule has 24 heavy (non-hydrogen) atoms. The van der Waals surface area contributed by atoms with Crippen molar-refractivity contribution in [3.8, 4) is 5.75 Å². The molecule has 1 aliphatic rings. The maximum atomic E-state index is 12.1. The Morgan fingerprint density at radius 2 is 2.00 bits per heavy atom. The van der Waals surface area contributed by atoms with Crippen molar-refractivity contribution < 1.29 is 22.6 Å². The van der Waals surface area contributed by atoms with Crippen molar-refractivity contribution in [2.75, 3.05) is 25.1 Å². The monoisotopic (exact) mass is 457 g/mol. The third-order valence-electron chi connectivity index (χ3n) is 3.13. The zero-order chi connectivity index (χ0) is 16.7. The second-order valence-corrected chi connectivity index (χ2v) is 4.90. The molecule has 134 valence electrons. The van der Waals surface area contributed by atoms with Crippen LogP contribution >= 0.6 is 24.0 Å². The summed E-state index contributed by atoms with van der Waals surface area (Å²) in [4.78, 5) is 4.19. The molecule has 0 atom stereocenters. The molecule has 1 heterocycles. The van der Waals surface area contributed by atoms with Crippen LogP contribution in [-0.2, 0) is 4.74 Å². The van der Waals surface area contributed by atoms with Gasteiger partial charge >= 0.3 is 6.36 Å². The molecular formula is C15H19F3IN3O2. The first-order valence-corrected chi connectivity index (χ1v) is 7.11. The lowest BCUT2D eigenvalue weighted by Gasteiger charge is -2.12. The second-order valence-electron chi connectivity index (χ2n) is 4.90. The molecule has 0 amide bonds. The maximum Gasteiger partial charge on any atom is 0.573 e. The van der Waals surface area contributed by atoms with E-state index >= 15 is 0 Å². The van der Waals surface area contributed by atoms with Gasteiger partial charge < -0.3 is 20.5 Å². The molecule has 0 saturated heterocycles. The number of nitrogens with one attached hydrogen (secondary N) is 1. The van der Waals surface area contributed by atoms with Gasteiger partial charge in [-0.3, -0.25) is 4.99 Å². The van der Waals surface area contributed by atoms with Gasteiger partial charge in [0.1, 0.15) is 5.75 Å². The molecule has 1 aromatic carbocycles. The number of guanidine groups is 1. The van der Waals surface area contributed by atoms with Gasteiger partial charge in [-0.15, -0.1) is 37.1 Å². The van der Waals surface area contributed by atoms with Gasteiger partial charge in [-0.1, -0.05) is 11.6 Å². The predicted octanol–water partition coefficient (Wildman–Crippen LogP) is 3.67. The van der Waals surface area contributed by atoms with E-state index in [1.807, 2.05) is 6.08 Å². The Balaban J connectivity index is 0.00000288. The van der Waals surface area contributed by atoms with Crippen molar-refractivity contribution in [2.45, 2.75) is 19.2 Å². The number of rotatable bonds is 5. The fourth-order valence-corrected chi connectivity index (χ4v) is 2.04. The number of benzene rings is 1. The van der Waals surface area contributed by atoms with Crippen LogP contribution in [0.15, 0.2) is 40.9 Å². The van der Waals surface area contributed by atoms with Crippen LogP contribution in [0.25, 0.3) is 0 Å². The number of halogens is 4. The Hall–Kier alpha value is -1.49. The summed E-state index contributed by atoms with van der Waals surface area (Å²) < 4.78 is 45.2. The molecule has 3 N–H and O–H groups in total. The summed E-state index contributed by atoms with van der Waals surface area (Å²) in [5.41, 5.74) is 7.57. The summed E-state index contributed by atoms with van der Waals surface area (Å²) in [6.45, 7) is 1.91. The van der Waals surface area contributed by atoms with Gasteiger partial charge in [0.25, 0.3) is 0 Å². The number of nitrogens with two attached hydrogens (primary N) is 1. The van der Waals surface area contributed by atoms with Crippen LogP contribution in [0.1, 0.15) is 12.8 Å². The maximum absolute atomic E-state index is 12.1. The van der Waals surface area contributed by atoms with Gasteiger partial charge in [0.05, 0.1) is 13.2 Å². The van der Waals surface area contributed by atoms with E-state index in [4.69, 9.17) is 10.5 Å². The number of nitrogens with zero attached hydrogens (tertiary/aromatic N) is 1. The Morgan fingerprint density at radius 1 is 1.29 bits per heavy atom. The van der Waals surface area contributed by atoms with Gasteiger partial charge in [0.15, 0.2) is 5.96 Å². The highest BCUT2D eigenvalue weighted by Gasteiger charge is 2.30. The van der Waals surface area contributed by atoms with Crippen molar-refractivity contribution in [2.24, 2.45) is 10.7 Å². The molecule has 0 unspecified atom stereocenters. The highest BCUT2D eigenvalue weighted by atomic mass is 127. The Kier molecular flexibility index (Phi) is 8.32. The zero-order valence-electron chi connectivity index (χ0n) is 12.8. The first-order chi connectivity index (χ1) is 10.9. The van der Waals surface area contributed by atoms with Crippen molar-refractivity contribution in [1.82, 2.24) is 0 Å². The normalized spacial score (nSPS) is 15.3. The average molecular weight is 457 g/mol. The quantitative estimate of drug-likeness (QED) is 0.307. The number of hydrogen-bond acceptors (Lipinski definition) is 3. The molecular weight excluding hydrogens is 438 g/mol. The molecule has 0 aromatic heterocycles. The number of alkyl halides is 3. The average Bonchev–Trinajstić information content (AvgIpc) is 2.49. The fraction of sp³-hybridized carbons (Fsp3) is 0.400. The molecule has 0 fully saturated rings. The van der Waals surface area contributed by atoms with Crippen LogP contribution in [0.4, 0.5) is 18.9 Å². The summed E-state index contributed by atoms with van der Waals surface area (Å²) in [7, 11) is 0. The third-order valence-corrected chi connectivity index (χ3v) is 3.13. The lowest BCUT2D eigenvalue weighted by molar-refractivity contribution is -0.274. The summed E-state index contributed by atoms with van der Waals surface area (Å²) in [6.07, 6.45) is -0.941. The Labute approximate surface area is 155 Å². The minimum Gasteiger partial charge on any atom is -0.406 e. The Morgan fingerprint density at radius 3 is 2.58 bits per heavy atom. The first-order valence-electron chi connectivity index (χ1n) is 7.11. The van der Waals surface area contributed by atoms with Crippen molar-refractivity contribution in [3.63, 3.8) is 0 Å². The number of hydrogen-bond donors (Lipinski definition) is 2. The Bertz CT molecular complexity index is 574. The van der Waals surface area contributed by atoms with E-state index in [0.29, 0.717) is 18.8 Å². The van der Waals surface area contributed by atoms with Crippen LogP contribution in [0.5, 0.6) is 5.75 Å². The highest BCUT2D eigenvalue weighted by molar-refractivity contribution is 14.0. The van der Waals surface area contributed by atoms with Gasteiger partial charge in [0.2, 0.25) is 0 Å². The molecule has 0 spiro atoms. The lowest BCUT2D eigenvalue weighted by Crippen LogP contribution is -2.23. The smallest absolute Gasteiger partial charge is 0.406 e. The fourth-order valence-electron chi connectivity index (χ4n) is 2.04. The first kappa shape index (κ1) is 20.6. The minimum absolute atomic E-state index is 0. The SMILES string of the molecule is I.NC(=NCCC1=CCOCC1)Nc1ccc(OC(F)(F)F)cc1. The van der Waals surface area contributed by atoms with Crippen LogP contribution in [0.3, 0.4) is 0 Å². The van der Waals surface area contributed by atoms with Crippen LogP contribution in [0.2, 0.25) is 0 Å². The van der Waals surface area contributed by atoms with Gasteiger partial charge in [0, 0.05) is 12.2 Å². The molecule has 2 rings (SSSR count). The summed E-state index contributed by atoms with van der Waals surface area (Å²) in [5.74, 6) is -0.0767. The third kappa shape index (κ3) is 7.86. The zero-order valence-corrected chi connectivity index (χ0v) is 15.1. The van der Waals surface area contributed by atoms with Crippen LogP contribution < -0.4 is 15.8 Å². The highest BCUT2D eigenvalue weighted by Crippen LogP contribution is 2.23. The van der Waals surface area contributed by atoms with E-state index in [2.05, 4.69) is 15.0 Å². The van der Waals surface area contributed by atoms with E-state index < -0.39 is 6.36 Å². The molecule has 9 heteroatoms. The van der Waals surface area contributed by atoms with E-state index in [0.717, 1.165) is 19.4 Å².